The Morgan fingerprint density at radius 2 is 0.324 bits per heavy atom. The third-order valence-electron chi connectivity index (χ3n) is 17.9. The van der Waals surface area contributed by atoms with Crippen LogP contribution in [0.5, 0.6) is 0 Å². The molecular formula is C96H104N6. The second kappa shape index (κ2) is 45.5. The molecule has 6 heteroatoms. The van der Waals surface area contributed by atoms with E-state index in [1.807, 2.05) is 72.8 Å². The van der Waals surface area contributed by atoms with Crippen LogP contribution in [-0.2, 0) is 38.5 Å². The molecule has 0 fully saturated rings. The zero-order chi connectivity index (χ0) is 73.1. The Labute approximate surface area is 615 Å². The highest BCUT2D eigenvalue weighted by Crippen LogP contribution is 2.28. The number of benzene rings is 6. The Morgan fingerprint density at radius 3 is 0.451 bits per heavy atom. The van der Waals surface area contributed by atoms with Crippen LogP contribution >= 0.6 is 0 Å². The van der Waals surface area contributed by atoms with Crippen LogP contribution in [-0.4, -0.2) is 0 Å². The van der Waals surface area contributed by atoms with Gasteiger partial charge in [0.1, 0.15) is 0 Å². The summed E-state index contributed by atoms with van der Waals surface area (Å²) in [6.07, 6.45) is 44.0. The fourth-order valence-corrected chi connectivity index (χ4v) is 11.9. The standard InChI is InChI=1S/C96H104N6/c1-9-17-23-29-45-73-61-79(15-7)91(97)81(63-73)51-35-37-53-83-65-75(47-31-25-19-11-3)67-85(93(83)99)55-39-41-57-87-69-77(49-33-27-21-13-5)71-89(95(87)101)59-43-44-60-90-72-78(50-34-28-22-14-6)70-88(96(90)102)58-42-40-56-86-68-76(48-32-26-20-12-4)66-84(94(86)100)54-38-36-52-82-64-74(46-30-24-18-10-2)62-80(16-8)92(82)98/h7-8,61-72H,9-14,17-34,45-50,97-102H2,1-6H3. The van der Waals surface area contributed by atoms with E-state index in [2.05, 4.69) is 172 Å². The van der Waals surface area contributed by atoms with Gasteiger partial charge in [-0.3, -0.25) is 0 Å². The van der Waals surface area contributed by atoms with Gasteiger partial charge in [-0.05, 0) is 242 Å². The SMILES string of the molecule is C#Cc1cc(CCCCCC)cc(C#CC#Cc2cc(CCCCCC)cc(C#CC#Cc3cc(CCCCCC)cc(C#CC#Cc4cc(CCCCCC)cc(C#CC#Cc5cc(CCCCCC)cc(C#CC#Cc6cc(CCCCCC)cc(C#C)c6N)c5N)c4N)c3N)c2N)c1N. The van der Waals surface area contributed by atoms with Gasteiger partial charge in [0.25, 0.3) is 0 Å². The van der Waals surface area contributed by atoms with Gasteiger partial charge in [-0.25, -0.2) is 0 Å². The summed E-state index contributed by atoms with van der Waals surface area (Å²) >= 11 is 0. The number of anilines is 6. The number of hydrogen-bond acceptors (Lipinski definition) is 6. The minimum Gasteiger partial charge on any atom is -0.397 e. The quantitative estimate of drug-likeness (QED) is 0.0150. The maximum atomic E-state index is 6.92. The van der Waals surface area contributed by atoms with Crippen molar-refractivity contribution in [1.82, 2.24) is 0 Å². The lowest BCUT2D eigenvalue weighted by molar-refractivity contribution is 0.667. The van der Waals surface area contributed by atoms with E-state index in [4.69, 9.17) is 47.2 Å². The predicted octanol–water partition coefficient (Wildman–Crippen LogP) is 18.9. The van der Waals surface area contributed by atoms with Crippen molar-refractivity contribution < 1.29 is 0 Å². The molecule has 0 saturated heterocycles. The van der Waals surface area contributed by atoms with Crippen molar-refractivity contribution in [3.8, 4) is 143 Å². The molecule has 0 heterocycles. The topological polar surface area (TPSA) is 156 Å². The number of rotatable bonds is 30. The summed E-state index contributed by atoms with van der Waals surface area (Å²) in [7, 11) is 0. The first-order chi connectivity index (χ1) is 49.8. The van der Waals surface area contributed by atoms with Gasteiger partial charge in [0.15, 0.2) is 0 Å². The van der Waals surface area contributed by atoms with Gasteiger partial charge in [-0.1, -0.05) is 228 Å². The third kappa shape index (κ3) is 26.8. The Bertz CT molecular complexity index is 4360. The second-order valence-electron chi connectivity index (χ2n) is 26.3. The number of hydrogen-bond donors (Lipinski definition) is 6. The maximum absolute atomic E-state index is 6.92. The molecule has 6 aromatic rings. The first-order valence-electron chi connectivity index (χ1n) is 37.4. The predicted molar refractivity (Wildman–Crippen MR) is 437 cm³/mol. The highest BCUT2D eigenvalue weighted by molar-refractivity contribution is 5.74. The van der Waals surface area contributed by atoms with Gasteiger partial charge >= 0.3 is 0 Å². The zero-order valence-electron chi connectivity index (χ0n) is 61.8. The van der Waals surface area contributed by atoms with Gasteiger partial charge in [-0.2, -0.15) is 0 Å². The van der Waals surface area contributed by atoms with Crippen molar-refractivity contribution in [2.75, 3.05) is 34.4 Å². The monoisotopic (exact) mass is 1340 g/mol. The summed E-state index contributed by atoms with van der Waals surface area (Å²) in [6.45, 7) is 13.3. The van der Waals surface area contributed by atoms with Gasteiger partial charge in [0, 0.05) is 11.1 Å². The van der Waals surface area contributed by atoms with Crippen molar-refractivity contribution in [2.45, 2.75) is 234 Å². The molecular weight excluding hydrogens is 1240 g/mol. The van der Waals surface area contributed by atoms with E-state index in [0.29, 0.717) is 101 Å². The van der Waals surface area contributed by atoms with Gasteiger partial charge in [-0.15, -0.1) is 12.8 Å². The normalized spacial score (nSPS) is 9.88. The molecule has 0 aliphatic rings. The number of nitrogens with two attached hydrogens (primary N) is 6. The average molecular weight is 1340 g/mol. The smallest absolute Gasteiger partial charge is 0.0633 e. The van der Waals surface area contributed by atoms with E-state index in [0.717, 1.165) is 187 Å². The molecule has 6 rings (SSSR count). The van der Waals surface area contributed by atoms with Crippen LogP contribution in [0.3, 0.4) is 0 Å². The molecule has 518 valence electrons. The second-order valence-corrected chi connectivity index (χ2v) is 26.3. The van der Waals surface area contributed by atoms with Gasteiger partial charge in [0.2, 0.25) is 0 Å². The van der Waals surface area contributed by atoms with E-state index in [-0.39, 0.29) is 0 Å². The molecule has 12 N–H and O–H groups in total. The summed E-state index contributed by atoms with van der Waals surface area (Å²) in [5.74, 6) is 68.5. The fourth-order valence-electron chi connectivity index (χ4n) is 11.9. The zero-order valence-corrected chi connectivity index (χ0v) is 61.8. The molecule has 6 aromatic carbocycles. The molecule has 0 aliphatic heterocycles. The van der Waals surface area contributed by atoms with Crippen molar-refractivity contribution in [1.29, 1.82) is 0 Å². The van der Waals surface area contributed by atoms with Crippen LogP contribution < -0.4 is 34.4 Å². The van der Waals surface area contributed by atoms with E-state index in [1.54, 1.807) is 0 Å². The molecule has 6 nitrogen and oxygen atoms in total. The molecule has 0 amide bonds. The van der Waals surface area contributed by atoms with Crippen LogP contribution in [0.4, 0.5) is 34.1 Å². The highest BCUT2D eigenvalue weighted by atomic mass is 14.6. The molecule has 0 aliphatic carbocycles. The maximum Gasteiger partial charge on any atom is 0.0633 e. The average Bonchev–Trinajstić information content (AvgIpc) is 0.874. The third-order valence-corrected chi connectivity index (χ3v) is 17.9. The lowest BCUT2D eigenvalue weighted by Gasteiger charge is -2.08. The molecule has 0 aromatic heterocycles. The number of terminal acetylenes is 2. The largest absolute Gasteiger partial charge is 0.397 e. The van der Waals surface area contributed by atoms with Crippen LogP contribution in [0.15, 0.2) is 72.8 Å². The number of nitrogen functional groups attached to an aromatic ring is 6. The number of aryl methyl sites for hydroxylation is 6. The van der Waals surface area contributed by atoms with Crippen LogP contribution in [0, 0.1) is 143 Å². The first-order valence-corrected chi connectivity index (χ1v) is 37.4. The lowest BCUT2D eigenvalue weighted by Crippen LogP contribution is -1.99. The van der Waals surface area contributed by atoms with Crippen molar-refractivity contribution in [2.24, 2.45) is 0 Å². The van der Waals surface area contributed by atoms with Crippen molar-refractivity contribution in [3.05, 3.63) is 173 Å². The summed E-state index contributed by atoms with van der Waals surface area (Å²) in [5, 5.41) is 0. The van der Waals surface area contributed by atoms with E-state index in [9.17, 15) is 0 Å². The molecule has 0 spiro atoms. The van der Waals surface area contributed by atoms with Crippen LogP contribution in [0.1, 0.15) is 296 Å². The first kappa shape index (κ1) is 79.8. The molecule has 0 unspecified atom stereocenters. The minimum atomic E-state index is 0.455. The summed E-state index contributed by atoms with van der Waals surface area (Å²) < 4.78 is 0. The number of unbranched alkanes of at least 4 members (excludes halogenated alkanes) is 18. The van der Waals surface area contributed by atoms with E-state index < -0.39 is 0 Å². The molecule has 0 atom stereocenters. The van der Waals surface area contributed by atoms with E-state index >= 15 is 0 Å². The van der Waals surface area contributed by atoms with E-state index in [1.165, 1.54) is 38.5 Å². The Hall–Kier alpha value is -11.2. The van der Waals surface area contributed by atoms with Crippen molar-refractivity contribution >= 4 is 34.1 Å². The van der Waals surface area contributed by atoms with Gasteiger partial charge < -0.3 is 34.4 Å². The molecule has 0 bridgehead atoms. The van der Waals surface area contributed by atoms with Gasteiger partial charge in [0.05, 0.1) is 89.8 Å². The van der Waals surface area contributed by atoms with Crippen LogP contribution in [0.2, 0.25) is 0 Å². The summed E-state index contributed by atoms with van der Waals surface area (Å²) in [6, 6.07) is 24.4. The minimum absolute atomic E-state index is 0.455. The lowest BCUT2D eigenvalue weighted by atomic mass is 9.98. The molecule has 0 radical (unpaired) electrons. The Kier molecular flexibility index (Phi) is 35.6. The molecule has 0 saturated carbocycles. The molecule has 102 heavy (non-hydrogen) atoms. The van der Waals surface area contributed by atoms with Crippen LogP contribution in [0.25, 0.3) is 0 Å². The summed E-state index contributed by atoms with van der Waals surface area (Å²) in [5.41, 5.74) is 57.8. The summed E-state index contributed by atoms with van der Waals surface area (Å²) in [4.78, 5) is 0. The van der Waals surface area contributed by atoms with Crippen molar-refractivity contribution in [3.63, 3.8) is 0 Å². The Balaban J connectivity index is 1.32. The fraction of sp³-hybridized carbons (Fsp3) is 0.375. The highest BCUT2D eigenvalue weighted by Gasteiger charge is 2.13. The Morgan fingerprint density at radius 1 is 0.196 bits per heavy atom.